The van der Waals surface area contributed by atoms with Crippen molar-refractivity contribution in [2.75, 3.05) is 32.9 Å². The van der Waals surface area contributed by atoms with Crippen LogP contribution in [0.1, 0.15) is 25.8 Å². The van der Waals surface area contributed by atoms with Gasteiger partial charge in [-0.2, -0.15) is 11.8 Å². The fraction of sp³-hybridized carbons (Fsp3) is 0.500. The van der Waals surface area contributed by atoms with Crippen LogP contribution in [0.2, 0.25) is 0 Å². The third kappa shape index (κ3) is 4.54. The summed E-state index contributed by atoms with van der Waals surface area (Å²) in [6.45, 7) is 7.36. The molecule has 0 aromatic heterocycles. The lowest BCUT2D eigenvalue weighted by Crippen LogP contribution is -2.47. The molecule has 1 heterocycles. The van der Waals surface area contributed by atoms with E-state index < -0.39 is 0 Å². The zero-order chi connectivity index (χ0) is 16.0. The van der Waals surface area contributed by atoms with Gasteiger partial charge in [0.05, 0.1) is 0 Å². The highest BCUT2D eigenvalue weighted by Crippen LogP contribution is 2.22. The second-order valence-electron chi connectivity index (χ2n) is 6.16. The first-order chi connectivity index (χ1) is 10.6. The maximum Gasteiger partial charge on any atom is 0.193 e. The van der Waals surface area contributed by atoms with Gasteiger partial charge in [0, 0.05) is 31.4 Å². The van der Waals surface area contributed by atoms with Crippen molar-refractivity contribution in [3.8, 4) is 0 Å². The topological polar surface area (TPSA) is 27.6 Å². The Labute approximate surface area is 138 Å². The van der Waals surface area contributed by atoms with Gasteiger partial charge in [-0.25, -0.2) is 0 Å². The molecule has 4 heteroatoms. The van der Waals surface area contributed by atoms with Gasteiger partial charge < -0.3 is 10.2 Å². The minimum atomic E-state index is 0.219. The number of nitrogens with zero attached hydrogens (tertiary/aromatic N) is 2. The molecule has 0 amide bonds. The summed E-state index contributed by atoms with van der Waals surface area (Å²) in [7, 11) is 1.87. The number of hydrogen-bond acceptors (Lipinski definition) is 2. The third-order valence-corrected chi connectivity index (χ3v) is 5.34. The highest BCUT2D eigenvalue weighted by Gasteiger charge is 2.20. The van der Waals surface area contributed by atoms with Gasteiger partial charge in [0.1, 0.15) is 0 Å². The summed E-state index contributed by atoms with van der Waals surface area (Å²) in [6, 6.07) is 10.7. The molecule has 0 bridgehead atoms. The summed E-state index contributed by atoms with van der Waals surface area (Å²) >= 11 is 1.88. The van der Waals surface area contributed by atoms with Crippen molar-refractivity contribution in [3.63, 3.8) is 0 Å². The molecule has 22 heavy (non-hydrogen) atoms. The Kier molecular flexibility index (Phi) is 5.95. The molecular weight excluding hydrogens is 290 g/mol. The highest BCUT2D eigenvalue weighted by molar-refractivity contribution is 7.99. The number of rotatable bonds is 4. The maximum absolute atomic E-state index is 4.44. The van der Waals surface area contributed by atoms with Crippen LogP contribution in [0.3, 0.4) is 0 Å². The van der Waals surface area contributed by atoms with Crippen molar-refractivity contribution >= 4 is 23.3 Å². The Morgan fingerprint density at radius 1 is 1.32 bits per heavy atom. The Balaban J connectivity index is 1.96. The van der Waals surface area contributed by atoms with Crippen molar-refractivity contribution < 1.29 is 0 Å². The lowest BCUT2D eigenvalue weighted by molar-refractivity contribution is 0.437. The Morgan fingerprint density at radius 3 is 2.59 bits per heavy atom. The maximum atomic E-state index is 4.44. The van der Waals surface area contributed by atoms with E-state index in [0.29, 0.717) is 0 Å². The number of thioether (sulfide) groups is 1. The van der Waals surface area contributed by atoms with E-state index in [1.54, 1.807) is 0 Å². The molecule has 0 unspecified atom stereocenters. The quantitative estimate of drug-likeness (QED) is 0.680. The van der Waals surface area contributed by atoms with E-state index in [1.807, 2.05) is 18.8 Å². The van der Waals surface area contributed by atoms with E-state index >= 15 is 0 Å². The molecule has 1 aromatic carbocycles. The van der Waals surface area contributed by atoms with Crippen LogP contribution < -0.4 is 5.32 Å². The van der Waals surface area contributed by atoms with E-state index in [0.717, 1.165) is 32.0 Å². The first kappa shape index (κ1) is 16.9. The molecule has 2 rings (SSSR count). The normalized spacial score (nSPS) is 16.5. The van der Waals surface area contributed by atoms with Crippen LogP contribution in [0.4, 0.5) is 0 Å². The second kappa shape index (κ2) is 7.73. The van der Waals surface area contributed by atoms with Crippen molar-refractivity contribution in [1.82, 2.24) is 10.2 Å². The molecular formula is C18H27N3S. The van der Waals surface area contributed by atoms with Crippen molar-refractivity contribution in [3.05, 3.63) is 42.0 Å². The fourth-order valence-electron chi connectivity index (χ4n) is 2.47. The standard InChI is InChI=1S/C18H27N3S/c1-18(2,22-4)14-20-17(19-3)21-12-10-16(11-13-21)15-8-6-5-7-9-15/h5-10H,11-14H2,1-4H3,(H,19,20). The summed E-state index contributed by atoms with van der Waals surface area (Å²) in [6.07, 6.45) is 5.54. The van der Waals surface area contributed by atoms with Gasteiger partial charge in [0.25, 0.3) is 0 Å². The van der Waals surface area contributed by atoms with Crippen molar-refractivity contribution in [1.29, 1.82) is 0 Å². The Morgan fingerprint density at radius 2 is 2.05 bits per heavy atom. The number of guanidine groups is 1. The van der Waals surface area contributed by atoms with Crippen LogP contribution in [0.25, 0.3) is 5.57 Å². The molecule has 1 aliphatic rings. The van der Waals surface area contributed by atoms with Gasteiger partial charge in [0.15, 0.2) is 5.96 Å². The smallest absolute Gasteiger partial charge is 0.193 e. The predicted octanol–water partition coefficient (Wildman–Crippen LogP) is 3.49. The molecule has 0 atom stereocenters. The number of nitrogens with one attached hydrogen (secondary N) is 1. The Hall–Kier alpha value is -1.42. The van der Waals surface area contributed by atoms with Crippen molar-refractivity contribution in [2.24, 2.45) is 4.99 Å². The molecule has 0 saturated carbocycles. The molecule has 0 aliphatic carbocycles. The zero-order valence-electron chi connectivity index (χ0n) is 14.1. The summed E-state index contributed by atoms with van der Waals surface area (Å²) in [5.41, 5.74) is 2.78. The zero-order valence-corrected chi connectivity index (χ0v) is 14.9. The second-order valence-corrected chi connectivity index (χ2v) is 7.67. The summed E-state index contributed by atoms with van der Waals surface area (Å²) in [5, 5.41) is 3.51. The van der Waals surface area contributed by atoms with E-state index in [2.05, 4.69) is 71.7 Å². The summed E-state index contributed by atoms with van der Waals surface area (Å²) in [5.74, 6) is 1.01. The summed E-state index contributed by atoms with van der Waals surface area (Å²) in [4.78, 5) is 6.76. The van der Waals surface area contributed by atoms with E-state index in [9.17, 15) is 0 Å². The lowest BCUT2D eigenvalue weighted by atomic mass is 10.00. The van der Waals surface area contributed by atoms with Gasteiger partial charge in [-0.15, -0.1) is 0 Å². The SMILES string of the molecule is CN=C(NCC(C)(C)SC)N1CC=C(c2ccccc2)CC1. The van der Waals surface area contributed by atoms with Crippen LogP contribution in [0, 0.1) is 0 Å². The molecule has 0 saturated heterocycles. The molecule has 0 radical (unpaired) electrons. The van der Waals surface area contributed by atoms with Gasteiger partial charge in [-0.05, 0) is 37.7 Å². The number of aliphatic imine (C=N–C) groups is 1. The third-order valence-electron chi connectivity index (χ3n) is 4.09. The first-order valence-corrected chi connectivity index (χ1v) is 9.03. The lowest BCUT2D eigenvalue weighted by Gasteiger charge is -2.32. The molecule has 1 aliphatic heterocycles. The van der Waals surface area contributed by atoms with Crippen molar-refractivity contribution in [2.45, 2.75) is 25.0 Å². The minimum absolute atomic E-state index is 0.219. The van der Waals surface area contributed by atoms with Gasteiger partial charge in [0.2, 0.25) is 0 Å². The summed E-state index contributed by atoms with van der Waals surface area (Å²) < 4.78 is 0.219. The largest absolute Gasteiger partial charge is 0.355 e. The number of benzene rings is 1. The van der Waals surface area contributed by atoms with E-state index in [-0.39, 0.29) is 4.75 Å². The monoisotopic (exact) mass is 317 g/mol. The van der Waals surface area contributed by atoms with Crippen LogP contribution in [0.5, 0.6) is 0 Å². The van der Waals surface area contributed by atoms with E-state index in [4.69, 9.17) is 0 Å². The first-order valence-electron chi connectivity index (χ1n) is 7.81. The molecule has 1 N–H and O–H groups in total. The van der Waals surface area contributed by atoms with E-state index in [1.165, 1.54) is 11.1 Å². The molecule has 120 valence electrons. The van der Waals surface area contributed by atoms with Crippen LogP contribution in [-0.2, 0) is 0 Å². The van der Waals surface area contributed by atoms with Gasteiger partial charge >= 0.3 is 0 Å². The van der Waals surface area contributed by atoms with Crippen LogP contribution >= 0.6 is 11.8 Å². The Bertz CT molecular complexity index is 535. The molecule has 0 fully saturated rings. The average Bonchev–Trinajstić information content (AvgIpc) is 2.57. The predicted molar refractivity (Wildman–Crippen MR) is 99.6 cm³/mol. The fourth-order valence-corrected chi connectivity index (χ4v) is 2.69. The van der Waals surface area contributed by atoms with Crippen LogP contribution in [-0.4, -0.2) is 48.5 Å². The molecule has 3 nitrogen and oxygen atoms in total. The number of hydrogen-bond donors (Lipinski definition) is 1. The van der Waals surface area contributed by atoms with Gasteiger partial charge in [-0.1, -0.05) is 36.4 Å². The minimum Gasteiger partial charge on any atom is -0.355 e. The average molecular weight is 318 g/mol. The molecule has 1 aromatic rings. The van der Waals surface area contributed by atoms with Gasteiger partial charge in [-0.3, -0.25) is 4.99 Å². The van der Waals surface area contributed by atoms with Crippen LogP contribution in [0.15, 0.2) is 41.4 Å². The molecule has 0 spiro atoms. The highest BCUT2D eigenvalue weighted by atomic mass is 32.2.